The van der Waals surface area contributed by atoms with Crippen LogP contribution in [0.5, 0.6) is 0 Å². The summed E-state index contributed by atoms with van der Waals surface area (Å²) < 4.78 is 5.39. The molecule has 0 N–H and O–H groups in total. The van der Waals surface area contributed by atoms with E-state index in [1.165, 1.54) is 11.1 Å². The highest BCUT2D eigenvalue weighted by molar-refractivity contribution is 5.47. The molecule has 0 amide bonds. The van der Waals surface area contributed by atoms with Crippen molar-refractivity contribution in [1.82, 2.24) is 20.0 Å². The first-order valence-electron chi connectivity index (χ1n) is 7.83. The smallest absolute Gasteiger partial charge is 0.241 e. The fraction of sp³-hybridized carbons (Fsp3) is 0.278. The number of hydrogen-bond acceptors (Lipinski definition) is 5. The number of benzene rings is 1. The Kier molecular flexibility index (Phi) is 3.63. The van der Waals surface area contributed by atoms with Crippen LogP contribution in [0, 0.1) is 0 Å². The van der Waals surface area contributed by atoms with Crippen LogP contribution >= 0.6 is 0 Å². The summed E-state index contributed by atoms with van der Waals surface area (Å²) >= 11 is 0. The van der Waals surface area contributed by atoms with Crippen LogP contribution < -0.4 is 0 Å². The maximum atomic E-state index is 5.39. The molecule has 0 bridgehead atoms. The summed E-state index contributed by atoms with van der Waals surface area (Å²) in [4.78, 5) is 11.0. The van der Waals surface area contributed by atoms with Gasteiger partial charge in [0.15, 0.2) is 0 Å². The highest BCUT2D eigenvalue weighted by atomic mass is 16.5. The molecular formula is C18H18N4O. The van der Waals surface area contributed by atoms with Crippen LogP contribution in [0.15, 0.2) is 53.2 Å². The Balaban J connectivity index is 1.50. The molecule has 23 heavy (non-hydrogen) atoms. The first-order chi connectivity index (χ1) is 11.3. The van der Waals surface area contributed by atoms with Crippen LogP contribution in [0.4, 0.5) is 0 Å². The van der Waals surface area contributed by atoms with E-state index in [1.54, 1.807) is 6.20 Å². The van der Waals surface area contributed by atoms with Gasteiger partial charge in [0.1, 0.15) is 5.69 Å². The fourth-order valence-electron chi connectivity index (χ4n) is 3.23. The second-order valence-electron chi connectivity index (χ2n) is 5.90. The Bertz CT molecular complexity index is 800. The molecule has 0 radical (unpaired) electrons. The topological polar surface area (TPSA) is 55.1 Å². The molecule has 5 nitrogen and oxygen atoms in total. The summed E-state index contributed by atoms with van der Waals surface area (Å²) in [5.74, 6) is 1.17. The molecular weight excluding hydrogens is 288 g/mol. The predicted octanol–water partition coefficient (Wildman–Crippen LogP) is 3.25. The molecule has 1 aliphatic rings. The molecule has 5 heteroatoms. The van der Waals surface area contributed by atoms with Gasteiger partial charge in [0.05, 0.1) is 6.54 Å². The van der Waals surface area contributed by atoms with Crippen LogP contribution in [0.25, 0.3) is 11.5 Å². The van der Waals surface area contributed by atoms with Gasteiger partial charge in [-0.1, -0.05) is 35.5 Å². The quantitative estimate of drug-likeness (QED) is 0.740. The lowest BCUT2D eigenvalue weighted by Crippen LogP contribution is -2.22. The zero-order valence-corrected chi connectivity index (χ0v) is 13.0. The summed E-state index contributed by atoms with van der Waals surface area (Å²) in [5.41, 5.74) is 3.60. The number of aryl methyl sites for hydroxylation is 1. The third-order valence-corrected chi connectivity index (χ3v) is 4.38. The molecule has 2 heterocycles. The van der Waals surface area contributed by atoms with E-state index < -0.39 is 0 Å². The highest BCUT2D eigenvalue weighted by Gasteiger charge is 2.26. The van der Waals surface area contributed by atoms with E-state index >= 15 is 0 Å². The normalized spacial score (nSPS) is 16.7. The first kappa shape index (κ1) is 14.1. The maximum Gasteiger partial charge on any atom is 0.241 e. The largest absolute Gasteiger partial charge is 0.337 e. The van der Waals surface area contributed by atoms with Gasteiger partial charge in [0, 0.05) is 12.2 Å². The Morgan fingerprint density at radius 2 is 2.04 bits per heavy atom. The number of fused-ring (bicyclic) bond motifs is 1. The van der Waals surface area contributed by atoms with E-state index in [-0.39, 0.29) is 0 Å². The molecule has 0 fully saturated rings. The molecule has 0 saturated heterocycles. The number of hydrogen-bond donors (Lipinski definition) is 0. The van der Waals surface area contributed by atoms with Crippen molar-refractivity contribution in [3.63, 3.8) is 0 Å². The minimum atomic E-state index is 0.413. The molecule has 116 valence electrons. The van der Waals surface area contributed by atoms with Gasteiger partial charge < -0.3 is 4.52 Å². The van der Waals surface area contributed by atoms with Crippen molar-refractivity contribution >= 4 is 0 Å². The van der Waals surface area contributed by atoms with Gasteiger partial charge in [-0.15, -0.1) is 0 Å². The molecule has 2 aromatic heterocycles. The Labute approximate surface area is 135 Å². The third-order valence-electron chi connectivity index (χ3n) is 4.38. The Morgan fingerprint density at radius 3 is 2.91 bits per heavy atom. The van der Waals surface area contributed by atoms with Crippen molar-refractivity contribution in [1.29, 1.82) is 0 Å². The van der Waals surface area contributed by atoms with E-state index in [0.29, 0.717) is 24.3 Å². The van der Waals surface area contributed by atoms with Gasteiger partial charge in [-0.3, -0.25) is 9.88 Å². The van der Waals surface area contributed by atoms with Crippen LogP contribution in [-0.4, -0.2) is 27.1 Å². The van der Waals surface area contributed by atoms with Crippen LogP contribution in [0.2, 0.25) is 0 Å². The van der Waals surface area contributed by atoms with Crippen molar-refractivity contribution in [2.24, 2.45) is 0 Å². The van der Waals surface area contributed by atoms with Crippen molar-refractivity contribution in [3.05, 3.63) is 65.7 Å². The SMILES string of the molecule is CN(Cc1nc(-c2ccccn2)no1)C1CCc2ccccc21. The molecule has 0 saturated carbocycles. The van der Waals surface area contributed by atoms with Crippen molar-refractivity contribution in [2.45, 2.75) is 25.4 Å². The minimum absolute atomic E-state index is 0.413. The molecule has 1 unspecified atom stereocenters. The Morgan fingerprint density at radius 1 is 1.17 bits per heavy atom. The number of nitrogens with zero attached hydrogens (tertiary/aromatic N) is 4. The second kappa shape index (κ2) is 5.93. The summed E-state index contributed by atoms with van der Waals surface area (Å²) in [6, 6.07) is 14.7. The van der Waals surface area contributed by atoms with Crippen molar-refractivity contribution < 1.29 is 4.52 Å². The van der Waals surface area contributed by atoms with Crippen molar-refractivity contribution in [2.75, 3.05) is 7.05 Å². The maximum absolute atomic E-state index is 5.39. The third kappa shape index (κ3) is 2.75. The van der Waals surface area contributed by atoms with Gasteiger partial charge >= 0.3 is 0 Å². The molecule has 4 rings (SSSR count). The van der Waals surface area contributed by atoms with E-state index in [9.17, 15) is 0 Å². The summed E-state index contributed by atoms with van der Waals surface area (Å²) in [5, 5.41) is 4.04. The van der Waals surface area contributed by atoms with Gasteiger partial charge in [-0.25, -0.2) is 0 Å². The molecule has 0 aliphatic heterocycles. The van der Waals surface area contributed by atoms with Crippen LogP contribution in [0.1, 0.15) is 29.5 Å². The molecule has 1 aromatic carbocycles. The van der Waals surface area contributed by atoms with Crippen LogP contribution in [-0.2, 0) is 13.0 Å². The molecule has 1 aliphatic carbocycles. The minimum Gasteiger partial charge on any atom is -0.337 e. The average molecular weight is 306 g/mol. The number of pyridine rings is 1. The summed E-state index contributed by atoms with van der Waals surface area (Å²) in [7, 11) is 2.11. The lowest BCUT2D eigenvalue weighted by atomic mass is 10.1. The van der Waals surface area contributed by atoms with Gasteiger partial charge in [-0.2, -0.15) is 4.98 Å². The summed E-state index contributed by atoms with van der Waals surface area (Å²) in [6.07, 6.45) is 4.00. The number of rotatable bonds is 4. The zero-order valence-electron chi connectivity index (χ0n) is 13.0. The molecule has 3 aromatic rings. The molecule has 0 spiro atoms. The standard InChI is InChI=1S/C18H18N4O/c1-22(16-10-9-13-6-2-3-7-14(13)16)12-17-20-18(21-23-17)15-8-4-5-11-19-15/h2-8,11,16H,9-10,12H2,1H3. The van der Waals surface area contributed by atoms with Gasteiger partial charge in [0.25, 0.3) is 0 Å². The summed E-state index contributed by atoms with van der Waals surface area (Å²) in [6.45, 7) is 0.638. The Hall–Kier alpha value is -2.53. The zero-order chi connectivity index (χ0) is 15.6. The highest BCUT2D eigenvalue weighted by Crippen LogP contribution is 2.35. The van der Waals surface area contributed by atoms with E-state index in [0.717, 1.165) is 18.5 Å². The van der Waals surface area contributed by atoms with E-state index in [2.05, 4.69) is 51.3 Å². The monoisotopic (exact) mass is 306 g/mol. The number of aromatic nitrogens is 3. The lowest BCUT2D eigenvalue weighted by molar-refractivity contribution is 0.204. The van der Waals surface area contributed by atoms with Gasteiger partial charge in [0.2, 0.25) is 11.7 Å². The second-order valence-corrected chi connectivity index (χ2v) is 5.90. The first-order valence-corrected chi connectivity index (χ1v) is 7.83. The lowest BCUT2D eigenvalue weighted by Gasteiger charge is -2.23. The van der Waals surface area contributed by atoms with Crippen molar-refractivity contribution in [3.8, 4) is 11.5 Å². The molecule has 1 atom stereocenters. The van der Waals surface area contributed by atoms with Gasteiger partial charge in [-0.05, 0) is 43.1 Å². The van der Waals surface area contributed by atoms with Crippen LogP contribution in [0.3, 0.4) is 0 Å². The van der Waals surface area contributed by atoms with E-state index in [4.69, 9.17) is 4.52 Å². The average Bonchev–Trinajstić information content (AvgIpc) is 3.22. The van der Waals surface area contributed by atoms with E-state index in [1.807, 2.05) is 18.2 Å². The fourth-order valence-corrected chi connectivity index (χ4v) is 3.23. The predicted molar refractivity (Wildman–Crippen MR) is 86.5 cm³/mol.